The molecule has 1 aromatic carbocycles. The first kappa shape index (κ1) is 23.9. The van der Waals surface area contributed by atoms with Crippen LogP contribution in [0.25, 0.3) is 11.2 Å². The number of aromatic nitrogens is 3. The molecule has 4 rings (SSSR count). The minimum absolute atomic E-state index is 0.0430. The van der Waals surface area contributed by atoms with E-state index < -0.39 is 14.0 Å². The van der Waals surface area contributed by atoms with Crippen molar-refractivity contribution >= 4 is 31.1 Å². The van der Waals surface area contributed by atoms with E-state index in [0.717, 1.165) is 24.4 Å². The number of carboxylic acid groups (broad SMARTS) is 1. The first-order valence-corrected chi connectivity index (χ1v) is 15.1. The zero-order chi connectivity index (χ0) is 24.5. The molecule has 1 atom stereocenters. The maximum Gasteiger partial charge on any atom is 0.339 e. The molecule has 3 aromatic rings. The van der Waals surface area contributed by atoms with Gasteiger partial charge in [-0.3, -0.25) is 4.79 Å². The van der Waals surface area contributed by atoms with Crippen molar-refractivity contribution < 1.29 is 24.2 Å². The van der Waals surface area contributed by atoms with Crippen LogP contribution in [-0.2, 0) is 22.7 Å². The third kappa shape index (κ3) is 5.45. The Labute approximate surface area is 199 Å². The molecule has 0 aliphatic heterocycles. The maximum absolute atomic E-state index is 11.8. The highest BCUT2D eigenvalue weighted by Crippen LogP contribution is 2.35. The summed E-state index contributed by atoms with van der Waals surface area (Å²) in [7, 11) is -1.22. The van der Waals surface area contributed by atoms with Gasteiger partial charge in [0.15, 0.2) is 5.65 Å². The number of rotatable bonds is 9. The Kier molecular flexibility index (Phi) is 6.71. The first-order chi connectivity index (χ1) is 16.1. The third-order valence-electron chi connectivity index (χ3n) is 5.80. The molecule has 0 fully saturated rings. The van der Waals surface area contributed by atoms with Gasteiger partial charge in [-0.2, -0.15) is 0 Å². The SMILES string of the molecule is CC(=O)NC1CCc2ccc(Oc3cnc4c(n3)c(C(=O)O)cn4COCC[Si](C)(C)C)cc21. The normalized spacial score (nSPS) is 15.4. The van der Waals surface area contributed by atoms with Crippen LogP contribution in [0.4, 0.5) is 0 Å². The van der Waals surface area contributed by atoms with Crippen LogP contribution in [-0.4, -0.2) is 46.2 Å². The predicted octanol–water partition coefficient (Wildman–Crippen LogP) is 4.36. The zero-order valence-corrected chi connectivity index (χ0v) is 20.9. The fourth-order valence-corrected chi connectivity index (χ4v) is 4.80. The second-order valence-electron chi connectivity index (χ2n) is 9.80. The summed E-state index contributed by atoms with van der Waals surface area (Å²) < 4.78 is 13.4. The lowest BCUT2D eigenvalue weighted by atomic mass is 10.1. The summed E-state index contributed by atoms with van der Waals surface area (Å²) >= 11 is 0. The monoisotopic (exact) mass is 482 g/mol. The average molecular weight is 483 g/mol. The van der Waals surface area contributed by atoms with Gasteiger partial charge in [-0.05, 0) is 42.1 Å². The lowest BCUT2D eigenvalue weighted by molar-refractivity contribution is -0.119. The molecule has 2 heterocycles. The molecule has 10 heteroatoms. The minimum Gasteiger partial charge on any atom is -0.478 e. The average Bonchev–Trinajstić information content (AvgIpc) is 3.31. The Morgan fingerprint density at radius 3 is 2.79 bits per heavy atom. The third-order valence-corrected chi connectivity index (χ3v) is 7.50. The summed E-state index contributed by atoms with van der Waals surface area (Å²) in [4.78, 5) is 32.2. The molecule has 2 aromatic heterocycles. The summed E-state index contributed by atoms with van der Waals surface area (Å²) in [5, 5.41) is 12.6. The van der Waals surface area contributed by atoms with Gasteiger partial charge in [-0.25, -0.2) is 14.8 Å². The summed E-state index contributed by atoms with van der Waals surface area (Å²) in [6, 6.07) is 6.69. The van der Waals surface area contributed by atoms with Gasteiger partial charge in [-0.15, -0.1) is 0 Å². The Bertz CT molecular complexity index is 1230. The van der Waals surface area contributed by atoms with Gasteiger partial charge >= 0.3 is 5.97 Å². The topological polar surface area (TPSA) is 116 Å². The molecule has 0 radical (unpaired) electrons. The molecule has 1 aliphatic carbocycles. The Hall–Kier alpha value is -3.24. The molecule has 9 nitrogen and oxygen atoms in total. The molecule has 1 amide bonds. The van der Waals surface area contributed by atoms with Crippen molar-refractivity contribution in [1.82, 2.24) is 19.9 Å². The van der Waals surface area contributed by atoms with Crippen LogP contribution in [0.1, 0.15) is 40.9 Å². The van der Waals surface area contributed by atoms with Gasteiger partial charge < -0.3 is 24.5 Å². The number of nitrogens with zero attached hydrogens (tertiary/aromatic N) is 3. The molecule has 1 unspecified atom stereocenters. The van der Waals surface area contributed by atoms with E-state index in [-0.39, 0.29) is 35.6 Å². The number of carboxylic acids is 1. The quantitative estimate of drug-likeness (QED) is 0.344. The van der Waals surface area contributed by atoms with Crippen molar-refractivity contribution in [2.75, 3.05) is 6.61 Å². The summed E-state index contributed by atoms with van der Waals surface area (Å²) in [5.74, 6) is -0.416. The summed E-state index contributed by atoms with van der Waals surface area (Å²) in [5.41, 5.74) is 2.91. The number of carbonyl (C=O) groups excluding carboxylic acids is 1. The van der Waals surface area contributed by atoms with E-state index in [4.69, 9.17) is 9.47 Å². The number of hydrogen-bond donors (Lipinski definition) is 2. The number of ether oxygens (including phenoxy) is 2. The van der Waals surface area contributed by atoms with Crippen molar-refractivity contribution in [1.29, 1.82) is 0 Å². The standard InChI is InChI=1S/C24H30N4O5Si/c1-15(29)26-20-8-6-16-5-7-17(11-18(16)20)33-21-12-25-23-22(27-21)19(24(30)31)13-28(23)14-32-9-10-34(2,3)4/h5,7,11-13,20H,6,8-10,14H2,1-4H3,(H,26,29)(H,30,31). The van der Waals surface area contributed by atoms with Crippen LogP contribution < -0.4 is 10.1 Å². The number of fused-ring (bicyclic) bond motifs is 2. The molecule has 1 aliphatic rings. The molecule has 0 saturated carbocycles. The maximum atomic E-state index is 11.8. The number of aryl methyl sites for hydroxylation is 1. The summed E-state index contributed by atoms with van der Waals surface area (Å²) in [6.45, 7) is 9.16. The Morgan fingerprint density at radius 1 is 1.29 bits per heavy atom. The molecular weight excluding hydrogens is 452 g/mol. The second kappa shape index (κ2) is 9.55. The number of aromatic carboxylic acids is 1. The van der Waals surface area contributed by atoms with Gasteiger partial charge in [0.05, 0.1) is 12.2 Å². The van der Waals surface area contributed by atoms with Crippen LogP contribution in [0.15, 0.2) is 30.6 Å². The highest BCUT2D eigenvalue weighted by molar-refractivity contribution is 6.76. The second-order valence-corrected chi connectivity index (χ2v) is 15.4. The van der Waals surface area contributed by atoms with E-state index >= 15 is 0 Å². The molecule has 180 valence electrons. The fraction of sp³-hybridized carbons (Fsp3) is 0.417. The van der Waals surface area contributed by atoms with E-state index in [1.165, 1.54) is 24.9 Å². The highest BCUT2D eigenvalue weighted by Gasteiger charge is 2.24. The van der Waals surface area contributed by atoms with Crippen molar-refractivity contribution in [2.45, 2.75) is 58.2 Å². The molecule has 0 saturated heterocycles. The molecule has 34 heavy (non-hydrogen) atoms. The number of hydrogen-bond acceptors (Lipinski definition) is 6. The number of carbonyl (C=O) groups is 2. The molecule has 0 spiro atoms. The van der Waals surface area contributed by atoms with Gasteiger partial charge in [0.1, 0.15) is 23.6 Å². The minimum atomic E-state index is -1.22. The van der Waals surface area contributed by atoms with Crippen molar-refractivity contribution in [3.8, 4) is 11.6 Å². The largest absolute Gasteiger partial charge is 0.478 e. The van der Waals surface area contributed by atoms with Crippen LogP contribution in [0.3, 0.4) is 0 Å². The van der Waals surface area contributed by atoms with Gasteiger partial charge in [0.2, 0.25) is 11.8 Å². The van der Waals surface area contributed by atoms with Crippen LogP contribution in [0.5, 0.6) is 11.6 Å². The predicted molar refractivity (Wildman–Crippen MR) is 130 cm³/mol. The lowest BCUT2D eigenvalue weighted by Crippen LogP contribution is -2.24. The lowest BCUT2D eigenvalue weighted by Gasteiger charge is -2.15. The molecule has 0 bridgehead atoms. The zero-order valence-electron chi connectivity index (χ0n) is 19.9. The number of nitrogens with one attached hydrogen (secondary N) is 1. The van der Waals surface area contributed by atoms with E-state index in [9.17, 15) is 14.7 Å². The Morgan fingerprint density at radius 2 is 2.09 bits per heavy atom. The van der Waals surface area contributed by atoms with E-state index in [1.807, 2.05) is 18.2 Å². The van der Waals surface area contributed by atoms with Gasteiger partial charge in [0.25, 0.3) is 0 Å². The molecular formula is C24H30N4O5Si. The van der Waals surface area contributed by atoms with E-state index in [1.54, 1.807) is 4.57 Å². The fourth-order valence-electron chi connectivity index (χ4n) is 4.04. The molecule has 2 N–H and O–H groups in total. The highest BCUT2D eigenvalue weighted by atomic mass is 28.3. The van der Waals surface area contributed by atoms with Crippen LogP contribution in [0, 0.1) is 0 Å². The van der Waals surface area contributed by atoms with E-state index in [0.29, 0.717) is 18.0 Å². The first-order valence-electron chi connectivity index (χ1n) is 11.4. The number of amides is 1. The smallest absolute Gasteiger partial charge is 0.339 e. The van der Waals surface area contributed by atoms with Gasteiger partial charge in [0, 0.05) is 27.8 Å². The van der Waals surface area contributed by atoms with E-state index in [2.05, 4.69) is 34.9 Å². The van der Waals surface area contributed by atoms with Crippen molar-refractivity contribution in [3.05, 3.63) is 47.3 Å². The summed E-state index contributed by atoms with van der Waals surface area (Å²) in [6.07, 6.45) is 4.71. The van der Waals surface area contributed by atoms with Crippen LogP contribution >= 0.6 is 0 Å². The Balaban J connectivity index is 1.55. The number of benzene rings is 1. The van der Waals surface area contributed by atoms with Crippen molar-refractivity contribution in [3.63, 3.8) is 0 Å². The van der Waals surface area contributed by atoms with Gasteiger partial charge in [-0.1, -0.05) is 25.7 Å². The van der Waals surface area contributed by atoms with Crippen LogP contribution in [0.2, 0.25) is 25.7 Å². The van der Waals surface area contributed by atoms with Crippen molar-refractivity contribution in [2.24, 2.45) is 0 Å².